The molecular weight excluding hydrogens is 308 g/mol. The van der Waals surface area contributed by atoms with Crippen LogP contribution in [0.4, 0.5) is 5.69 Å². The molecule has 0 amide bonds. The van der Waals surface area contributed by atoms with Gasteiger partial charge in [-0.1, -0.05) is 24.2 Å². The van der Waals surface area contributed by atoms with Crippen molar-refractivity contribution in [3.63, 3.8) is 0 Å². The van der Waals surface area contributed by atoms with E-state index in [0.29, 0.717) is 5.89 Å². The molecule has 1 atom stereocenters. The molecule has 120 valence electrons. The number of rotatable bonds is 6. The first kappa shape index (κ1) is 15.7. The third kappa shape index (κ3) is 3.76. The Bertz CT molecular complexity index is 763. The molecule has 0 bridgehead atoms. The summed E-state index contributed by atoms with van der Waals surface area (Å²) in [6, 6.07) is 8.20. The Balaban J connectivity index is 1.67. The largest absolute Gasteiger partial charge is 0.374 e. The summed E-state index contributed by atoms with van der Waals surface area (Å²) in [7, 11) is 0. The molecule has 0 spiro atoms. The number of benzene rings is 1. The maximum Gasteiger partial charge on any atom is 0.248 e. The van der Waals surface area contributed by atoms with E-state index in [4.69, 9.17) is 4.52 Å². The van der Waals surface area contributed by atoms with Crippen molar-refractivity contribution >= 4 is 17.0 Å². The molecule has 1 N–H and O–H groups in total. The number of anilines is 1. The third-order valence-corrected chi connectivity index (χ3v) is 4.28. The van der Waals surface area contributed by atoms with Crippen LogP contribution in [0.15, 0.2) is 34.2 Å². The first-order valence-electron chi connectivity index (χ1n) is 7.77. The predicted octanol–water partition coefficient (Wildman–Crippen LogP) is 4.63. The lowest BCUT2D eigenvalue weighted by atomic mass is 10.1. The number of aryl methyl sites for hydroxylation is 2. The summed E-state index contributed by atoms with van der Waals surface area (Å²) in [5.41, 5.74) is 3.16. The zero-order chi connectivity index (χ0) is 16.2. The van der Waals surface area contributed by atoms with Crippen LogP contribution in [0.1, 0.15) is 43.0 Å². The molecule has 3 rings (SSSR count). The first-order valence-corrected chi connectivity index (χ1v) is 8.65. The Labute approximate surface area is 139 Å². The van der Waals surface area contributed by atoms with Crippen LogP contribution in [0.2, 0.25) is 0 Å². The van der Waals surface area contributed by atoms with Gasteiger partial charge in [-0.05, 0) is 32.4 Å². The third-order valence-electron chi connectivity index (χ3n) is 3.51. The summed E-state index contributed by atoms with van der Waals surface area (Å²) in [5, 5.41) is 10.5. The van der Waals surface area contributed by atoms with Crippen LogP contribution in [0.25, 0.3) is 11.3 Å². The minimum atomic E-state index is -0.0273. The van der Waals surface area contributed by atoms with Gasteiger partial charge in [-0.15, -0.1) is 11.3 Å². The van der Waals surface area contributed by atoms with Crippen molar-refractivity contribution < 1.29 is 4.52 Å². The zero-order valence-electron chi connectivity index (χ0n) is 13.5. The van der Waals surface area contributed by atoms with Crippen molar-refractivity contribution in [2.45, 2.75) is 39.7 Å². The van der Waals surface area contributed by atoms with Gasteiger partial charge < -0.3 is 9.84 Å². The number of aromatic nitrogens is 3. The number of nitrogens with zero attached hydrogens (tertiary/aromatic N) is 3. The van der Waals surface area contributed by atoms with E-state index in [0.717, 1.165) is 40.6 Å². The fourth-order valence-electron chi connectivity index (χ4n) is 2.31. The maximum atomic E-state index is 5.31. The molecule has 5 nitrogen and oxygen atoms in total. The molecule has 0 radical (unpaired) electrons. The van der Waals surface area contributed by atoms with Crippen molar-refractivity contribution in [2.24, 2.45) is 0 Å². The van der Waals surface area contributed by atoms with Gasteiger partial charge in [-0.2, -0.15) is 4.98 Å². The van der Waals surface area contributed by atoms with E-state index >= 15 is 0 Å². The zero-order valence-corrected chi connectivity index (χ0v) is 14.4. The second-order valence-corrected chi connectivity index (χ2v) is 6.56. The number of hydrogen-bond acceptors (Lipinski definition) is 6. The topological polar surface area (TPSA) is 63.8 Å². The Morgan fingerprint density at radius 3 is 2.65 bits per heavy atom. The van der Waals surface area contributed by atoms with Crippen LogP contribution in [0.5, 0.6) is 0 Å². The van der Waals surface area contributed by atoms with Crippen molar-refractivity contribution in [3.05, 3.63) is 46.4 Å². The normalized spacial score (nSPS) is 12.3. The van der Waals surface area contributed by atoms with E-state index in [2.05, 4.69) is 44.9 Å². The Kier molecular flexibility index (Phi) is 4.71. The Hall–Kier alpha value is -2.21. The van der Waals surface area contributed by atoms with E-state index in [1.54, 1.807) is 11.3 Å². The molecule has 0 saturated carbocycles. The van der Waals surface area contributed by atoms with Crippen molar-refractivity contribution in [3.8, 4) is 11.3 Å². The highest BCUT2D eigenvalue weighted by Gasteiger charge is 2.14. The van der Waals surface area contributed by atoms with Gasteiger partial charge in [0.25, 0.3) is 0 Å². The number of hydrogen-bond donors (Lipinski definition) is 1. The average molecular weight is 328 g/mol. The Morgan fingerprint density at radius 2 is 2.00 bits per heavy atom. The van der Waals surface area contributed by atoms with E-state index in [-0.39, 0.29) is 6.04 Å². The van der Waals surface area contributed by atoms with E-state index in [9.17, 15) is 0 Å². The minimum absolute atomic E-state index is 0.0273. The highest BCUT2D eigenvalue weighted by molar-refractivity contribution is 7.09. The monoisotopic (exact) mass is 328 g/mol. The lowest BCUT2D eigenvalue weighted by molar-refractivity contribution is 0.362. The predicted molar refractivity (Wildman–Crippen MR) is 92.6 cm³/mol. The van der Waals surface area contributed by atoms with Gasteiger partial charge in [0.2, 0.25) is 5.89 Å². The second kappa shape index (κ2) is 6.91. The van der Waals surface area contributed by atoms with Gasteiger partial charge >= 0.3 is 0 Å². The Morgan fingerprint density at radius 1 is 1.22 bits per heavy atom. The quantitative estimate of drug-likeness (QED) is 0.715. The van der Waals surface area contributed by atoms with E-state index in [1.165, 1.54) is 0 Å². The summed E-state index contributed by atoms with van der Waals surface area (Å²) in [4.78, 5) is 8.92. The van der Waals surface area contributed by atoms with Gasteiger partial charge in [-0.25, -0.2) is 4.98 Å². The molecule has 0 aliphatic heterocycles. The average Bonchev–Trinajstić information content (AvgIpc) is 3.18. The summed E-state index contributed by atoms with van der Waals surface area (Å²) in [5.74, 6) is 1.39. The van der Waals surface area contributed by atoms with Crippen molar-refractivity contribution in [1.82, 2.24) is 15.1 Å². The molecule has 1 unspecified atom stereocenters. The molecule has 23 heavy (non-hydrogen) atoms. The maximum absolute atomic E-state index is 5.31. The number of nitrogens with one attached hydrogen (secondary N) is 1. The summed E-state index contributed by atoms with van der Waals surface area (Å²) < 4.78 is 5.31. The molecule has 2 aromatic heterocycles. The van der Waals surface area contributed by atoms with Gasteiger partial charge in [0.15, 0.2) is 5.82 Å². The summed E-state index contributed by atoms with van der Waals surface area (Å²) in [6.07, 6.45) is 1.86. The van der Waals surface area contributed by atoms with Crippen LogP contribution in [0.3, 0.4) is 0 Å². The van der Waals surface area contributed by atoms with Crippen LogP contribution < -0.4 is 5.32 Å². The van der Waals surface area contributed by atoms with Gasteiger partial charge in [-0.3, -0.25) is 0 Å². The molecule has 1 aromatic carbocycles. The molecule has 3 aromatic rings. The SMILES string of the molecule is CCCc1noc(C(C)Nc2ccc(-c3csc(C)n3)cc2)n1. The van der Waals surface area contributed by atoms with Crippen molar-refractivity contribution in [1.29, 1.82) is 0 Å². The standard InChI is InChI=1S/C17H20N4OS/c1-4-5-16-20-17(22-21-16)11(2)18-14-8-6-13(7-9-14)15-10-23-12(3)19-15/h6-11,18H,4-5H2,1-3H3. The van der Waals surface area contributed by atoms with E-state index in [1.807, 2.05) is 26.0 Å². The minimum Gasteiger partial charge on any atom is -0.374 e. The molecule has 0 saturated heterocycles. The van der Waals surface area contributed by atoms with Crippen molar-refractivity contribution in [2.75, 3.05) is 5.32 Å². The molecule has 0 fully saturated rings. The smallest absolute Gasteiger partial charge is 0.248 e. The highest BCUT2D eigenvalue weighted by Crippen LogP contribution is 2.24. The van der Waals surface area contributed by atoms with Gasteiger partial charge in [0.1, 0.15) is 6.04 Å². The van der Waals surface area contributed by atoms with E-state index < -0.39 is 0 Å². The van der Waals surface area contributed by atoms with Gasteiger partial charge in [0, 0.05) is 23.1 Å². The lowest BCUT2D eigenvalue weighted by Gasteiger charge is -2.11. The first-order chi connectivity index (χ1) is 11.2. The van der Waals surface area contributed by atoms with Gasteiger partial charge in [0.05, 0.1) is 10.7 Å². The molecule has 0 aliphatic carbocycles. The molecule has 0 aliphatic rings. The van der Waals surface area contributed by atoms with Crippen LogP contribution >= 0.6 is 11.3 Å². The highest BCUT2D eigenvalue weighted by atomic mass is 32.1. The number of thiazole rings is 1. The second-order valence-electron chi connectivity index (χ2n) is 5.49. The molecular formula is C17H20N4OS. The fraction of sp³-hybridized carbons (Fsp3) is 0.353. The lowest BCUT2D eigenvalue weighted by Crippen LogP contribution is -2.07. The molecule has 2 heterocycles. The fourth-order valence-corrected chi connectivity index (χ4v) is 2.94. The van der Waals surface area contributed by atoms with Crippen LogP contribution in [0, 0.1) is 6.92 Å². The summed E-state index contributed by atoms with van der Waals surface area (Å²) in [6.45, 7) is 6.13. The van der Waals surface area contributed by atoms with Crippen LogP contribution in [-0.4, -0.2) is 15.1 Å². The summed E-state index contributed by atoms with van der Waals surface area (Å²) >= 11 is 1.66. The molecule has 6 heteroatoms. The van der Waals surface area contributed by atoms with Crippen LogP contribution in [-0.2, 0) is 6.42 Å².